The van der Waals surface area contributed by atoms with Gasteiger partial charge in [0.1, 0.15) is 42.9 Å². The lowest BCUT2D eigenvalue weighted by atomic mass is 9.42. The molecule has 2 aromatic heterocycles. The highest BCUT2D eigenvalue weighted by Crippen LogP contribution is 2.70. The molecule has 4 saturated carbocycles. The first-order valence-corrected chi connectivity index (χ1v) is 45.2. The number of nitrogens with one attached hydrogen (secondary N) is 5. The Morgan fingerprint density at radius 2 is 1.39 bits per heavy atom. The quantitative estimate of drug-likeness (QED) is 0.00600. The van der Waals surface area contributed by atoms with Crippen molar-refractivity contribution in [2.75, 3.05) is 57.5 Å². The average molecular weight is 1800 g/mol. The predicted molar refractivity (Wildman–Crippen MR) is 411 cm³/mol. The maximum Gasteiger partial charge on any atom is 0.333 e. The third-order valence-corrected chi connectivity index (χ3v) is 28.2. The molecule has 5 aliphatic heterocycles. The van der Waals surface area contributed by atoms with Crippen LogP contribution in [-0.4, -0.2) is 231 Å². The van der Waals surface area contributed by atoms with Crippen molar-refractivity contribution in [3.8, 4) is 0 Å². The molecule has 7 heterocycles. The number of thioether (sulfide) groups is 1. The highest BCUT2D eigenvalue weighted by Gasteiger charge is 2.71. The van der Waals surface area contributed by atoms with Gasteiger partial charge in [0.2, 0.25) is 41.4 Å². The molecule has 0 spiro atoms. The summed E-state index contributed by atoms with van der Waals surface area (Å²) in [7, 11) is -17.7. The van der Waals surface area contributed by atoms with Crippen molar-refractivity contribution in [2.45, 2.75) is 223 Å². The van der Waals surface area contributed by atoms with Crippen LogP contribution in [0.1, 0.15) is 175 Å². The molecule has 2 aromatic rings. The number of fused-ring (bicyclic) bond motifs is 6. The van der Waals surface area contributed by atoms with Crippen LogP contribution in [0.3, 0.4) is 0 Å². The van der Waals surface area contributed by atoms with Crippen LogP contribution in [0.5, 0.6) is 0 Å². The number of nitrogens with two attached hydrogens (primary N) is 3. The molecule has 7 fully saturated rings. The Labute approximate surface area is 703 Å². The summed E-state index contributed by atoms with van der Waals surface area (Å²) in [4.78, 5) is 221. The number of rotatable bonds is 38. The molecule has 46 nitrogen and oxygen atoms in total. The molecule has 11 rings (SSSR count). The average Bonchev–Trinajstić information content (AvgIpc) is 1.46. The molecule has 11 amide bonds. The minimum atomic E-state index is -5.94. The van der Waals surface area contributed by atoms with E-state index < -0.39 is 125 Å². The van der Waals surface area contributed by atoms with Crippen LogP contribution >= 0.6 is 35.2 Å². The largest absolute Gasteiger partial charge is 0.790 e. The highest BCUT2D eigenvalue weighted by atomic mass is 32.2. The number of cyclic esters (lactones) is 1. The molecule has 122 heavy (non-hydrogen) atoms. The van der Waals surface area contributed by atoms with E-state index in [4.69, 9.17) is 31.7 Å². The number of carbonyl (C=O) groups is 13. The first-order valence-electron chi connectivity index (χ1n) is 39.8. The van der Waals surface area contributed by atoms with E-state index in [1.165, 1.54) is 47.6 Å². The molecule has 17 atom stereocenters. The number of hydrogen-bond acceptors (Lipinski definition) is 38. The van der Waals surface area contributed by atoms with Crippen molar-refractivity contribution >= 4 is 129 Å². The van der Waals surface area contributed by atoms with E-state index >= 15 is 0 Å². The van der Waals surface area contributed by atoms with E-state index in [-0.39, 0.29) is 165 Å². The minimum Gasteiger partial charge on any atom is -0.790 e. The number of esters is 1. The Kier molecular flexibility index (Phi) is 33.5. The summed E-state index contributed by atoms with van der Waals surface area (Å²) >= 11 is 1.19. The third kappa shape index (κ3) is 24.4. The molecule has 678 valence electrons. The second-order valence-corrected chi connectivity index (χ2v) is 37.7. The van der Waals surface area contributed by atoms with E-state index in [0.717, 1.165) is 67.7 Å². The van der Waals surface area contributed by atoms with Gasteiger partial charge in [-0.25, -0.2) is 40.5 Å². The molecule has 0 bridgehead atoms. The number of ether oxygens (including phenoxy) is 2. The second kappa shape index (κ2) is 41.9. The van der Waals surface area contributed by atoms with Crippen molar-refractivity contribution in [1.29, 1.82) is 0 Å². The number of hydrogen-bond donors (Lipinski definition) is 12. The number of likely N-dealkylation sites (tertiary alicyclic amines) is 1. The van der Waals surface area contributed by atoms with E-state index in [1.807, 2.05) is 17.8 Å². The summed E-state index contributed by atoms with van der Waals surface area (Å²) in [6.07, 6.45) is 5.97. The molecule has 3 saturated heterocycles. The van der Waals surface area contributed by atoms with Crippen LogP contribution < -0.4 is 63.8 Å². The molecule has 0 radical (unpaired) electrons. The van der Waals surface area contributed by atoms with Gasteiger partial charge in [0.15, 0.2) is 17.7 Å². The zero-order chi connectivity index (χ0) is 89.6. The molecule has 3 unspecified atom stereocenters. The van der Waals surface area contributed by atoms with Crippen LogP contribution in [-0.2, 0) is 108 Å². The fourth-order valence-corrected chi connectivity index (χ4v) is 21.2. The number of hydroxylamine groups is 2. The Morgan fingerprint density at radius 1 is 0.746 bits per heavy atom. The van der Waals surface area contributed by atoms with Crippen molar-refractivity contribution in [3.05, 3.63) is 36.5 Å². The Morgan fingerprint density at radius 3 is 2.02 bits per heavy atom. The van der Waals surface area contributed by atoms with Crippen molar-refractivity contribution in [3.63, 3.8) is 0 Å². The number of aromatic nitrogens is 4. The number of hydrazine groups is 2. The molecule has 50 heteroatoms. The summed E-state index contributed by atoms with van der Waals surface area (Å²) in [6.45, 7) is 5.06. The van der Waals surface area contributed by atoms with Gasteiger partial charge in [0, 0.05) is 112 Å². The van der Waals surface area contributed by atoms with Gasteiger partial charge in [-0.15, -0.1) is 16.8 Å². The number of phosphoric acid groups is 3. The molecular formula is C72H104N15O31P3S-4. The fourth-order valence-electron chi connectivity index (χ4n) is 17.4. The van der Waals surface area contributed by atoms with Crippen LogP contribution in [0.25, 0.3) is 11.2 Å². The van der Waals surface area contributed by atoms with Crippen LogP contribution in [0, 0.1) is 39.9 Å². The van der Waals surface area contributed by atoms with Gasteiger partial charge in [-0.05, 0) is 112 Å². The minimum absolute atomic E-state index is 0.0133. The van der Waals surface area contributed by atoms with Crippen molar-refractivity contribution in [1.82, 2.24) is 61.2 Å². The lowest BCUT2D eigenvalue weighted by Gasteiger charge is -2.65. The molecule has 0 aromatic carbocycles. The van der Waals surface area contributed by atoms with Gasteiger partial charge in [-0.3, -0.25) is 87.1 Å². The van der Waals surface area contributed by atoms with E-state index in [9.17, 15) is 116 Å². The van der Waals surface area contributed by atoms with Gasteiger partial charge in [-0.1, -0.05) is 40.5 Å². The monoisotopic (exact) mass is 1800 g/mol. The van der Waals surface area contributed by atoms with Crippen LogP contribution in [0.4, 0.5) is 5.82 Å². The molecular weight excluding hydrogens is 1700 g/mol. The number of anilines is 1. The summed E-state index contributed by atoms with van der Waals surface area (Å²) in [6, 6.07) is -0.0329. The number of phosphoric ester groups is 3. The second-order valence-electron chi connectivity index (χ2n) is 32.3. The zero-order valence-corrected chi connectivity index (χ0v) is 71.0. The number of carbonyl (C=O) groups excluding carboxylic acids is 13. The molecule has 4 aliphatic carbocycles. The smallest absolute Gasteiger partial charge is 0.333 e. The summed E-state index contributed by atoms with van der Waals surface area (Å²) < 4.78 is 65.8. The number of nitrogen functional groups attached to an aromatic ring is 1. The number of imide groups is 3. The van der Waals surface area contributed by atoms with Crippen LogP contribution in [0.2, 0.25) is 0 Å². The Hall–Kier alpha value is -8.02. The third-order valence-electron chi connectivity index (χ3n) is 24.0. The van der Waals surface area contributed by atoms with E-state index in [1.54, 1.807) is 6.08 Å². The maximum atomic E-state index is 12.7. The normalized spacial score (nSPS) is 28.7. The number of nitrogens with zero attached hydrogens (tertiary/aromatic N) is 7. The lowest BCUT2D eigenvalue weighted by molar-refractivity contribution is -0.347. The number of aliphatic hydroxyl groups excluding tert-OH is 3. The summed E-state index contributed by atoms with van der Waals surface area (Å²) in [5.74, 6) is 4.86. The SMILES string of the molecule is CC(C)(COP(=O)([O-])OP(=O)([O-])OC[C@H]1O[C@@H](n2cnc3c(N)ncnc32)[C@@H](O)C1OP(=O)([O-])[O-])[C@@H](O)C(=O)NCCC(=O)NCCS[C@H]1CC(=O)N(CCCCCC(=O)NN)C1=O.C[C@]12CC[C@H](NC(=O)CCC(=O)ON3C(=O)CCC3=O)C[C@H]1CC[C@@H]1[C@H]2C[C@@H](O)[C@]2(C)[C@@H](C3=CC(=O)OC3)CC[C@]12O.NNC(=O)CCCCCN1C(=O)C=CC1=O. The van der Waals surface area contributed by atoms with Gasteiger partial charge < -0.3 is 94.1 Å². The highest BCUT2D eigenvalue weighted by molar-refractivity contribution is 8.00. The van der Waals surface area contributed by atoms with E-state index in [0.29, 0.717) is 74.6 Å². The summed E-state index contributed by atoms with van der Waals surface area (Å²) in [5, 5.41) is 53.3. The predicted octanol–water partition coefficient (Wildman–Crippen LogP) is -3.16. The standard InChI is InChI=1S/C31H51N10O19P3S.C31H42N2O9.C10H15N3O3/c1-31(2,25(46)28(47)35-8-7-19(42)34-9-11-64-18-12-21(44)40(29(18)48)10-5-3-4-6-20(43)39-33)14-57-63(54,55)60-62(52,53)56-13-17-24(59-61(49,50)51)23(45)30(58-17)41-16-38-22-26(32)36-15-37-27(22)41;1-29-11-9-19(32-24(35)5-8-27(38)42-33-25(36)6-7-26(33)37)14-18(29)3-4-21-22(29)15-23(34)30(2)20(10-12-31(21,30)40)17-13-28(39)41-16-17;11-12-8(14)4-2-1-3-7-13-9(15)5-6-10(13)16/h15-18,23-25,30,45-46H,3-14,33H2,1-2H3,(H,34,42)(H,35,47)(H,39,43)(H,52,53)(H,54,55)(H2,32,36,37)(H2,49,50,51);13,18-23,34,40H,3-12,14-16H2,1-2H3,(H,32,35);5-6H,1-4,7,11H2,(H,12,14)/p-4/t17-,18+,23+,24?,25+,30-;18-,19+,20-,21-,22-,23-,29+,30+,31+;/m11./s1. The van der Waals surface area contributed by atoms with E-state index in [2.05, 4.69) is 55.7 Å². The number of imidazole rings is 1. The van der Waals surface area contributed by atoms with Gasteiger partial charge >= 0.3 is 11.9 Å². The Bertz CT molecular complexity index is 4430. The van der Waals surface area contributed by atoms with Crippen LogP contribution in [0.15, 0.2) is 36.5 Å². The fraction of sp³-hybridized carbons (Fsp3) is 0.694. The zero-order valence-electron chi connectivity index (χ0n) is 67.5. The summed E-state index contributed by atoms with van der Waals surface area (Å²) in [5.41, 5.74) is 7.13. The van der Waals surface area contributed by atoms with Gasteiger partial charge in [0.25, 0.3) is 39.3 Å². The molecule has 9 aliphatic rings. The topological polar surface area (TPSA) is 702 Å². The van der Waals surface area contributed by atoms with Crippen molar-refractivity contribution < 1.29 is 148 Å². The number of amides is 11. The number of unbranched alkanes of at least 4 members (excludes halogenated alkanes) is 4. The first kappa shape index (κ1) is 97.8. The maximum absolute atomic E-state index is 12.7. The first-order chi connectivity index (χ1) is 57.4. The molecule has 15 N–H and O–H groups in total. The Balaban J connectivity index is 0.000000246. The lowest BCUT2D eigenvalue weighted by Crippen LogP contribution is -2.67. The van der Waals surface area contributed by atoms with Gasteiger partial charge in [-0.2, -0.15) is 0 Å². The number of aliphatic hydroxyl groups is 4. The van der Waals surface area contributed by atoms with Gasteiger partial charge in [0.05, 0.1) is 50.7 Å². The van der Waals surface area contributed by atoms with Crippen molar-refractivity contribution in [2.24, 2.45) is 51.6 Å².